The first-order valence-corrected chi connectivity index (χ1v) is 9.75. The molecule has 6 heteroatoms. The third-order valence-corrected chi connectivity index (χ3v) is 5.33. The van der Waals surface area contributed by atoms with Gasteiger partial charge >= 0.3 is 6.03 Å². The minimum atomic E-state index is -0.128. The summed E-state index contributed by atoms with van der Waals surface area (Å²) in [5.74, 6) is 0.864. The molecule has 2 aromatic rings. The number of para-hydroxylation sites is 1. The molecule has 146 valence electrons. The first-order chi connectivity index (χ1) is 13.6. The van der Waals surface area contributed by atoms with Crippen LogP contribution >= 0.6 is 0 Å². The lowest BCUT2D eigenvalue weighted by Crippen LogP contribution is -2.44. The van der Waals surface area contributed by atoms with Gasteiger partial charge in [-0.2, -0.15) is 0 Å². The van der Waals surface area contributed by atoms with Crippen molar-refractivity contribution in [2.24, 2.45) is 0 Å². The number of hydrogen-bond donors (Lipinski definition) is 1. The minimum absolute atomic E-state index is 0.0316. The largest absolute Gasteiger partial charge is 0.491 e. The Balaban J connectivity index is 1.36. The Kier molecular flexibility index (Phi) is 5.19. The third kappa shape index (κ3) is 3.81. The van der Waals surface area contributed by atoms with Crippen LogP contribution in [0, 0.1) is 6.92 Å². The highest BCUT2D eigenvalue weighted by atomic mass is 16.5. The number of fused-ring (bicyclic) bond motifs is 1. The average Bonchev–Trinajstić information content (AvgIpc) is 2.94. The highest BCUT2D eigenvalue weighted by molar-refractivity contribution is 5.94. The summed E-state index contributed by atoms with van der Waals surface area (Å²) in [6.07, 6.45) is 0.767. The van der Waals surface area contributed by atoms with Crippen LogP contribution in [0.15, 0.2) is 48.5 Å². The highest BCUT2D eigenvalue weighted by Crippen LogP contribution is 2.31. The molecule has 0 spiro atoms. The van der Waals surface area contributed by atoms with E-state index >= 15 is 0 Å². The van der Waals surface area contributed by atoms with E-state index in [2.05, 4.69) is 5.32 Å². The van der Waals surface area contributed by atoms with E-state index in [1.807, 2.05) is 60.4 Å². The maximum absolute atomic E-state index is 12.8. The monoisotopic (exact) mass is 379 g/mol. The van der Waals surface area contributed by atoms with E-state index in [1.165, 1.54) is 0 Å². The lowest BCUT2D eigenvalue weighted by atomic mass is 10.1. The summed E-state index contributed by atoms with van der Waals surface area (Å²) in [7, 11) is 0. The zero-order valence-electron chi connectivity index (χ0n) is 16.1. The molecule has 0 radical (unpaired) electrons. The van der Waals surface area contributed by atoms with Crippen molar-refractivity contribution in [1.29, 1.82) is 0 Å². The minimum Gasteiger partial charge on any atom is -0.491 e. The van der Waals surface area contributed by atoms with Crippen molar-refractivity contribution >= 4 is 11.9 Å². The van der Waals surface area contributed by atoms with Gasteiger partial charge in [0.15, 0.2) is 0 Å². The number of carbonyl (C=O) groups is 2. The standard InChI is InChI=1S/C22H25N3O3/c1-16-6-4-7-17(14-16)21(26)24-10-5-11-25(13-12-24)22(27)23-19-15-28-20-9-3-2-8-18(19)20/h2-4,6-9,14,19H,5,10-13,15H2,1H3,(H,23,27). The molecule has 3 amide bonds. The molecule has 0 saturated carbocycles. The molecule has 2 aromatic carbocycles. The van der Waals surface area contributed by atoms with Gasteiger partial charge in [-0.05, 0) is 31.5 Å². The summed E-state index contributed by atoms with van der Waals surface area (Å²) in [4.78, 5) is 29.2. The number of aryl methyl sites for hydroxylation is 1. The Morgan fingerprint density at radius 2 is 1.79 bits per heavy atom. The fourth-order valence-corrected chi connectivity index (χ4v) is 3.81. The summed E-state index contributed by atoms with van der Waals surface area (Å²) in [5, 5.41) is 3.07. The summed E-state index contributed by atoms with van der Waals surface area (Å²) in [6.45, 7) is 4.80. The van der Waals surface area contributed by atoms with E-state index in [0.29, 0.717) is 38.3 Å². The molecule has 1 N–H and O–H groups in total. The summed E-state index contributed by atoms with van der Waals surface area (Å²) >= 11 is 0. The number of amides is 3. The number of carbonyl (C=O) groups excluding carboxylic acids is 2. The number of ether oxygens (including phenoxy) is 1. The van der Waals surface area contributed by atoms with Gasteiger partial charge in [-0.1, -0.05) is 35.9 Å². The van der Waals surface area contributed by atoms with Gasteiger partial charge in [0.25, 0.3) is 5.91 Å². The molecule has 1 atom stereocenters. The van der Waals surface area contributed by atoms with Crippen molar-refractivity contribution < 1.29 is 14.3 Å². The second-order valence-corrected chi connectivity index (χ2v) is 7.35. The van der Waals surface area contributed by atoms with Gasteiger partial charge in [0.2, 0.25) is 0 Å². The lowest BCUT2D eigenvalue weighted by molar-refractivity contribution is 0.0762. The van der Waals surface area contributed by atoms with Crippen molar-refractivity contribution in [3.05, 3.63) is 65.2 Å². The highest BCUT2D eigenvalue weighted by Gasteiger charge is 2.28. The third-order valence-electron chi connectivity index (χ3n) is 5.33. The molecule has 28 heavy (non-hydrogen) atoms. The van der Waals surface area contributed by atoms with Gasteiger partial charge < -0.3 is 19.9 Å². The van der Waals surface area contributed by atoms with E-state index in [4.69, 9.17) is 4.74 Å². The molecule has 4 rings (SSSR count). The van der Waals surface area contributed by atoms with Crippen molar-refractivity contribution in [3.63, 3.8) is 0 Å². The predicted molar refractivity (Wildman–Crippen MR) is 106 cm³/mol. The molecule has 1 saturated heterocycles. The first kappa shape index (κ1) is 18.3. The van der Waals surface area contributed by atoms with Gasteiger partial charge in [0, 0.05) is 37.3 Å². The molecule has 2 aliphatic rings. The van der Waals surface area contributed by atoms with Gasteiger partial charge in [-0.15, -0.1) is 0 Å². The van der Waals surface area contributed by atoms with E-state index in [9.17, 15) is 9.59 Å². The Labute approximate surface area is 165 Å². The molecule has 6 nitrogen and oxygen atoms in total. The lowest BCUT2D eigenvalue weighted by Gasteiger charge is -2.24. The van der Waals surface area contributed by atoms with Crippen molar-refractivity contribution in [1.82, 2.24) is 15.1 Å². The second-order valence-electron chi connectivity index (χ2n) is 7.35. The van der Waals surface area contributed by atoms with Crippen molar-refractivity contribution in [2.45, 2.75) is 19.4 Å². The van der Waals surface area contributed by atoms with Gasteiger partial charge in [-0.25, -0.2) is 4.79 Å². The fourth-order valence-electron chi connectivity index (χ4n) is 3.81. The molecular weight excluding hydrogens is 354 g/mol. The molecule has 2 aliphatic heterocycles. The quantitative estimate of drug-likeness (QED) is 0.873. The number of nitrogens with one attached hydrogen (secondary N) is 1. The first-order valence-electron chi connectivity index (χ1n) is 9.75. The van der Waals surface area contributed by atoms with Crippen LogP contribution in [0.25, 0.3) is 0 Å². The zero-order chi connectivity index (χ0) is 19.5. The van der Waals surface area contributed by atoms with E-state index in [0.717, 1.165) is 23.3 Å². The Bertz CT molecular complexity index is 883. The van der Waals surface area contributed by atoms with Crippen LogP contribution in [0.1, 0.15) is 33.9 Å². The molecule has 2 heterocycles. The number of rotatable bonds is 2. The fraction of sp³-hybridized carbons (Fsp3) is 0.364. The topological polar surface area (TPSA) is 61.9 Å². The van der Waals surface area contributed by atoms with E-state index in [-0.39, 0.29) is 18.0 Å². The van der Waals surface area contributed by atoms with Crippen LogP contribution in [0.3, 0.4) is 0 Å². The molecular formula is C22H25N3O3. The molecule has 0 bridgehead atoms. The van der Waals surface area contributed by atoms with Crippen molar-refractivity contribution in [3.8, 4) is 5.75 Å². The number of benzene rings is 2. The maximum atomic E-state index is 12.8. The number of hydrogen-bond acceptors (Lipinski definition) is 3. The summed E-state index contributed by atoms with van der Waals surface area (Å²) in [5.41, 5.74) is 2.79. The Hall–Kier alpha value is -3.02. The molecule has 1 unspecified atom stereocenters. The molecule has 0 aliphatic carbocycles. The van der Waals surface area contributed by atoms with Crippen LogP contribution in [0.4, 0.5) is 4.79 Å². The van der Waals surface area contributed by atoms with E-state index < -0.39 is 0 Å². The van der Waals surface area contributed by atoms with Crippen LogP contribution < -0.4 is 10.1 Å². The predicted octanol–water partition coefficient (Wildman–Crippen LogP) is 2.99. The smallest absolute Gasteiger partial charge is 0.318 e. The van der Waals surface area contributed by atoms with Crippen LogP contribution in [-0.2, 0) is 0 Å². The van der Waals surface area contributed by atoms with E-state index in [1.54, 1.807) is 4.90 Å². The van der Waals surface area contributed by atoms with Crippen LogP contribution in [0.2, 0.25) is 0 Å². The number of urea groups is 1. The van der Waals surface area contributed by atoms with Gasteiger partial charge in [-0.3, -0.25) is 4.79 Å². The maximum Gasteiger partial charge on any atom is 0.318 e. The van der Waals surface area contributed by atoms with Crippen LogP contribution in [0.5, 0.6) is 5.75 Å². The summed E-state index contributed by atoms with van der Waals surface area (Å²) in [6, 6.07) is 15.2. The van der Waals surface area contributed by atoms with Gasteiger partial charge in [0.1, 0.15) is 12.4 Å². The zero-order valence-corrected chi connectivity index (χ0v) is 16.1. The Morgan fingerprint density at radius 3 is 2.64 bits per heavy atom. The summed E-state index contributed by atoms with van der Waals surface area (Å²) < 4.78 is 5.64. The average molecular weight is 379 g/mol. The normalized spacial score (nSPS) is 18.8. The molecule has 1 fully saturated rings. The second kappa shape index (κ2) is 7.92. The van der Waals surface area contributed by atoms with Crippen LogP contribution in [-0.4, -0.2) is 54.5 Å². The van der Waals surface area contributed by atoms with Crippen molar-refractivity contribution in [2.75, 3.05) is 32.8 Å². The SMILES string of the molecule is Cc1cccc(C(=O)N2CCCN(C(=O)NC3COc4ccccc43)CC2)c1. The Morgan fingerprint density at radius 1 is 1.00 bits per heavy atom. The number of nitrogens with zero attached hydrogens (tertiary/aromatic N) is 2. The molecule has 0 aromatic heterocycles. The van der Waals surface area contributed by atoms with Gasteiger partial charge in [0.05, 0.1) is 6.04 Å².